The maximum atomic E-state index is 3.59. The van der Waals surface area contributed by atoms with Crippen LogP contribution in [0.25, 0.3) is 0 Å². The number of hydrogen-bond acceptors (Lipinski definition) is 2. The molecule has 1 saturated heterocycles. The molecule has 2 nitrogen and oxygen atoms in total. The molecular formula is C10H22N2. The zero-order valence-electron chi connectivity index (χ0n) is 8.61. The summed E-state index contributed by atoms with van der Waals surface area (Å²) in [4.78, 5) is 0. The molecule has 1 fully saturated rings. The van der Waals surface area contributed by atoms with E-state index in [9.17, 15) is 0 Å². The van der Waals surface area contributed by atoms with Gasteiger partial charge in [-0.15, -0.1) is 0 Å². The Bertz CT molecular complexity index is 126. The third-order valence-electron chi connectivity index (χ3n) is 2.87. The molecule has 72 valence electrons. The molecule has 2 N–H and O–H groups in total. The van der Waals surface area contributed by atoms with E-state index >= 15 is 0 Å². The number of rotatable bonds is 4. The maximum Gasteiger partial charge on any atom is 0.0193 e. The zero-order valence-corrected chi connectivity index (χ0v) is 8.61. The molecule has 1 atom stereocenters. The van der Waals surface area contributed by atoms with Crippen LogP contribution < -0.4 is 10.6 Å². The van der Waals surface area contributed by atoms with Gasteiger partial charge in [0.25, 0.3) is 0 Å². The number of hydrogen-bond donors (Lipinski definition) is 2. The standard InChI is InChI=1S/C10H22N2/c1-4-10(2,3)12-8-9-6-5-7-11-9/h9,11-12H,4-8H2,1-3H3. The van der Waals surface area contributed by atoms with Gasteiger partial charge in [0.05, 0.1) is 0 Å². The minimum atomic E-state index is 0.310. The molecule has 0 aliphatic carbocycles. The first kappa shape index (κ1) is 10.0. The summed E-state index contributed by atoms with van der Waals surface area (Å²) in [6.45, 7) is 9.10. The van der Waals surface area contributed by atoms with E-state index in [1.165, 1.54) is 25.8 Å². The van der Waals surface area contributed by atoms with Crippen LogP contribution in [0.15, 0.2) is 0 Å². The topological polar surface area (TPSA) is 24.1 Å². The van der Waals surface area contributed by atoms with Gasteiger partial charge in [0.15, 0.2) is 0 Å². The molecular weight excluding hydrogens is 148 g/mol. The molecule has 2 heteroatoms. The zero-order chi connectivity index (χ0) is 9.03. The Labute approximate surface area is 76.1 Å². The lowest BCUT2D eigenvalue weighted by molar-refractivity contribution is 0.355. The Morgan fingerprint density at radius 2 is 2.25 bits per heavy atom. The molecule has 1 unspecified atom stereocenters. The fourth-order valence-corrected chi connectivity index (χ4v) is 1.46. The van der Waals surface area contributed by atoms with Gasteiger partial charge >= 0.3 is 0 Å². The Balaban J connectivity index is 2.15. The minimum Gasteiger partial charge on any atom is -0.313 e. The van der Waals surface area contributed by atoms with Crippen LogP contribution in [-0.4, -0.2) is 24.7 Å². The van der Waals surface area contributed by atoms with Crippen molar-refractivity contribution < 1.29 is 0 Å². The van der Waals surface area contributed by atoms with Gasteiger partial charge < -0.3 is 10.6 Å². The largest absolute Gasteiger partial charge is 0.313 e. The monoisotopic (exact) mass is 170 g/mol. The van der Waals surface area contributed by atoms with Crippen LogP contribution in [-0.2, 0) is 0 Å². The summed E-state index contributed by atoms with van der Waals surface area (Å²) in [5.74, 6) is 0. The average molecular weight is 170 g/mol. The molecule has 0 radical (unpaired) electrons. The van der Waals surface area contributed by atoms with Gasteiger partial charge in [0, 0.05) is 18.1 Å². The predicted molar refractivity (Wildman–Crippen MR) is 53.4 cm³/mol. The first-order valence-electron chi connectivity index (χ1n) is 5.12. The van der Waals surface area contributed by atoms with Crippen LogP contribution in [0.1, 0.15) is 40.0 Å². The third kappa shape index (κ3) is 3.11. The van der Waals surface area contributed by atoms with Crippen molar-refractivity contribution in [3.63, 3.8) is 0 Å². The fraction of sp³-hybridized carbons (Fsp3) is 1.00. The van der Waals surface area contributed by atoms with E-state index in [1.54, 1.807) is 0 Å². The van der Waals surface area contributed by atoms with Gasteiger partial charge in [-0.05, 0) is 39.7 Å². The third-order valence-corrected chi connectivity index (χ3v) is 2.87. The van der Waals surface area contributed by atoms with Gasteiger partial charge in [-0.25, -0.2) is 0 Å². The molecule has 0 spiro atoms. The molecule has 1 rings (SSSR count). The lowest BCUT2D eigenvalue weighted by atomic mass is 10.0. The second-order valence-electron chi connectivity index (χ2n) is 4.41. The van der Waals surface area contributed by atoms with E-state index in [0.717, 1.165) is 12.6 Å². The van der Waals surface area contributed by atoms with E-state index in [4.69, 9.17) is 0 Å². The molecule has 0 bridgehead atoms. The van der Waals surface area contributed by atoms with Crippen molar-refractivity contribution in [2.24, 2.45) is 0 Å². The predicted octanol–water partition coefficient (Wildman–Crippen LogP) is 1.52. The molecule has 12 heavy (non-hydrogen) atoms. The Hall–Kier alpha value is -0.0800. The van der Waals surface area contributed by atoms with E-state index in [-0.39, 0.29) is 0 Å². The Morgan fingerprint density at radius 3 is 2.75 bits per heavy atom. The molecule has 0 aromatic rings. The molecule has 1 heterocycles. The second kappa shape index (κ2) is 4.24. The highest BCUT2D eigenvalue weighted by atomic mass is 15.0. The first-order chi connectivity index (χ1) is 5.64. The summed E-state index contributed by atoms with van der Waals surface area (Å²) in [5, 5.41) is 7.08. The lowest BCUT2D eigenvalue weighted by Crippen LogP contribution is -2.45. The summed E-state index contributed by atoms with van der Waals surface area (Å²) < 4.78 is 0. The quantitative estimate of drug-likeness (QED) is 0.668. The van der Waals surface area contributed by atoms with E-state index < -0.39 is 0 Å². The summed E-state index contributed by atoms with van der Waals surface area (Å²) in [6, 6.07) is 0.718. The van der Waals surface area contributed by atoms with Crippen molar-refractivity contribution in [3.8, 4) is 0 Å². The molecule has 0 aromatic heterocycles. The van der Waals surface area contributed by atoms with Crippen LogP contribution in [0.4, 0.5) is 0 Å². The minimum absolute atomic E-state index is 0.310. The normalized spacial score (nSPS) is 24.8. The van der Waals surface area contributed by atoms with E-state index in [2.05, 4.69) is 31.4 Å². The second-order valence-corrected chi connectivity index (χ2v) is 4.41. The summed E-state index contributed by atoms with van der Waals surface area (Å²) in [6.07, 6.45) is 3.88. The van der Waals surface area contributed by atoms with Crippen LogP contribution in [0.3, 0.4) is 0 Å². The number of nitrogens with one attached hydrogen (secondary N) is 2. The molecule has 1 aliphatic heterocycles. The van der Waals surface area contributed by atoms with Crippen LogP contribution in [0, 0.1) is 0 Å². The smallest absolute Gasteiger partial charge is 0.0193 e. The van der Waals surface area contributed by atoms with Gasteiger partial charge in [0.1, 0.15) is 0 Å². The van der Waals surface area contributed by atoms with Crippen LogP contribution >= 0.6 is 0 Å². The Morgan fingerprint density at radius 1 is 1.50 bits per heavy atom. The molecule has 0 saturated carbocycles. The lowest BCUT2D eigenvalue weighted by Gasteiger charge is -2.26. The van der Waals surface area contributed by atoms with Crippen molar-refractivity contribution in [3.05, 3.63) is 0 Å². The SMILES string of the molecule is CCC(C)(C)NCC1CCCN1. The highest BCUT2D eigenvalue weighted by molar-refractivity contribution is 4.82. The van der Waals surface area contributed by atoms with Crippen molar-refractivity contribution >= 4 is 0 Å². The Kier molecular flexibility index (Phi) is 3.53. The summed E-state index contributed by atoms with van der Waals surface area (Å²) in [7, 11) is 0. The highest BCUT2D eigenvalue weighted by Gasteiger charge is 2.18. The fourth-order valence-electron chi connectivity index (χ4n) is 1.46. The van der Waals surface area contributed by atoms with E-state index in [1.807, 2.05) is 0 Å². The van der Waals surface area contributed by atoms with Crippen molar-refractivity contribution in [1.29, 1.82) is 0 Å². The summed E-state index contributed by atoms with van der Waals surface area (Å²) >= 11 is 0. The molecule has 0 amide bonds. The van der Waals surface area contributed by atoms with Crippen molar-refractivity contribution in [1.82, 2.24) is 10.6 Å². The van der Waals surface area contributed by atoms with Crippen molar-refractivity contribution in [2.45, 2.75) is 51.6 Å². The van der Waals surface area contributed by atoms with Gasteiger partial charge in [-0.1, -0.05) is 6.92 Å². The van der Waals surface area contributed by atoms with Gasteiger partial charge in [-0.3, -0.25) is 0 Å². The molecule has 0 aromatic carbocycles. The van der Waals surface area contributed by atoms with Crippen molar-refractivity contribution in [2.75, 3.05) is 13.1 Å². The molecule has 1 aliphatic rings. The maximum absolute atomic E-state index is 3.59. The van der Waals surface area contributed by atoms with E-state index in [0.29, 0.717) is 5.54 Å². The van der Waals surface area contributed by atoms with Gasteiger partial charge in [0.2, 0.25) is 0 Å². The van der Waals surface area contributed by atoms with Crippen LogP contribution in [0.5, 0.6) is 0 Å². The average Bonchev–Trinajstić information content (AvgIpc) is 2.53. The summed E-state index contributed by atoms with van der Waals surface area (Å²) in [5.41, 5.74) is 0.310. The highest BCUT2D eigenvalue weighted by Crippen LogP contribution is 2.09. The van der Waals surface area contributed by atoms with Gasteiger partial charge in [-0.2, -0.15) is 0 Å². The first-order valence-corrected chi connectivity index (χ1v) is 5.12. The van der Waals surface area contributed by atoms with Crippen LogP contribution in [0.2, 0.25) is 0 Å².